The van der Waals surface area contributed by atoms with Crippen molar-refractivity contribution in [2.24, 2.45) is 7.05 Å². The number of benzene rings is 2. The molecule has 6 heteroatoms. The number of aliphatic hydroxyl groups is 1. The highest BCUT2D eigenvalue weighted by Gasteiger charge is 2.44. The van der Waals surface area contributed by atoms with E-state index in [0.29, 0.717) is 21.9 Å². The molecule has 1 unspecified atom stereocenters. The van der Waals surface area contributed by atoms with Crippen LogP contribution in [0.2, 0.25) is 5.02 Å². The fourth-order valence-corrected chi connectivity index (χ4v) is 4.59. The molecule has 0 bridgehead atoms. The number of rotatable bonds is 3. The molecule has 4 rings (SSSR count). The van der Waals surface area contributed by atoms with Crippen molar-refractivity contribution in [1.82, 2.24) is 4.57 Å². The molecule has 2 heterocycles. The zero-order valence-corrected chi connectivity index (χ0v) is 15.6. The Morgan fingerprint density at radius 3 is 2.69 bits per heavy atom. The van der Waals surface area contributed by atoms with Crippen LogP contribution in [-0.2, 0) is 7.05 Å². The smallest absolute Gasteiger partial charge is 0.259 e. The summed E-state index contributed by atoms with van der Waals surface area (Å²) < 4.78 is 7.32. The summed E-state index contributed by atoms with van der Waals surface area (Å²) in [6, 6.07) is 14.7. The van der Waals surface area contributed by atoms with Gasteiger partial charge in [0.05, 0.1) is 16.1 Å². The lowest BCUT2D eigenvalue weighted by Crippen LogP contribution is -2.32. The predicted molar refractivity (Wildman–Crippen MR) is 106 cm³/mol. The molecule has 2 aromatic carbocycles. The first kappa shape index (κ1) is 17.2. The molecule has 1 aromatic heterocycles. The molecule has 1 atom stereocenters. The van der Waals surface area contributed by atoms with Gasteiger partial charge in [-0.05, 0) is 18.2 Å². The van der Waals surface area contributed by atoms with E-state index in [4.69, 9.17) is 16.3 Å². The summed E-state index contributed by atoms with van der Waals surface area (Å²) in [4.78, 5) is 12.1. The molecule has 0 saturated carbocycles. The molecule has 132 valence electrons. The highest BCUT2D eigenvalue weighted by Crippen LogP contribution is 2.51. The van der Waals surface area contributed by atoms with Crippen molar-refractivity contribution in [3.05, 3.63) is 76.0 Å². The molecule has 0 spiro atoms. The first-order valence-corrected chi connectivity index (χ1v) is 9.22. The van der Waals surface area contributed by atoms with E-state index in [-0.39, 0.29) is 12.2 Å². The quantitative estimate of drug-likeness (QED) is 0.738. The molecule has 0 fully saturated rings. The molecule has 0 amide bonds. The van der Waals surface area contributed by atoms with E-state index >= 15 is 0 Å². The average Bonchev–Trinajstić information content (AvgIpc) is 2.91. The number of nitrogens with zero attached hydrogens (tertiary/aromatic N) is 1. The Bertz CT molecular complexity index is 1110. The number of fused-ring (bicyclic) bond motifs is 3. The fraction of sp³-hybridized carbons (Fsp3) is 0.150. The molecule has 0 saturated heterocycles. The van der Waals surface area contributed by atoms with Gasteiger partial charge in [0.15, 0.2) is 4.93 Å². The highest BCUT2D eigenvalue weighted by atomic mass is 35.5. The van der Waals surface area contributed by atoms with E-state index in [1.165, 1.54) is 11.8 Å². The van der Waals surface area contributed by atoms with Gasteiger partial charge < -0.3 is 14.4 Å². The van der Waals surface area contributed by atoms with Gasteiger partial charge in [0.2, 0.25) is 0 Å². The zero-order valence-electron chi connectivity index (χ0n) is 14.0. The monoisotopic (exact) mass is 385 g/mol. The summed E-state index contributed by atoms with van der Waals surface area (Å²) in [5.74, 6) is 0.477. The van der Waals surface area contributed by atoms with E-state index in [0.717, 1.165) is 15.8 Å². The van der Waals surface area contributed by atoms with Gasteiger partial charge in [-0.1, -0.05) is 60.3 Å². The first-order chi connectivity index (χ1) is 12.4. The van der Waals surface area contributed by atoms with E-state index in [1.54, 1.807) is 35.9 Å². The lowest BCUT2D eigenvalue weighted by molar-refractivity contribution is 0.126. The second kappa shape index (κ2) is 6.20. The molecule has 3 aromatic rings. The van der Waals surface area contributed by atoms with Crippen LogP contribution >= 0.6 is 23.4 Å². The number of ether oxygens (including phenoxy) is 1. The van der Waals surface area contributed by atoms with Crippen LogP contribution in [0.3, 0.4) is 0 Å². The lowest BCUT2D eigenvalue weighted by atomic mass is 10.0. The van der Waals surface area contributed by atoms with Crippen LogP contribution in [0, 0.1) is 0 Å². The van der Waals surface area contributed by atoms with Crippen LogP contribution in [0.1, 0.15) is 5.56 Å². The first-order valence-electron chi connectivity index (χ1n) is 8.02. The third kappa shape index (κ3) is 2.55. The Balaban J connectivity index is 1.76. The number of para-hydroxylation sites is 2. The van der Waals surface area contributed by atoms with Crippen molar-refractivity contribution < 1.29 is 9.84 Å². The zero-order chi connectivity index (χ0) is 18.5. The molecule has 4 nitrogen and oxygen atoms in total. The van der Waals surface area contributed by atoms with Crippen LogP contribution in [0.15, 0.2) is 64.8 Å². The van der Waals surface area contributed by atoms with Crippen LogP contribution in [0.25, 0.3) is 16.5 Å². The standard InChI is InChI=1S/C20H16ClNO3S/c1-12-17-18(13-7-3-5-9-15(13)22(2)19(17)23)26-20(12,24)11-25-16-10-6-4-8-14(16)21/h3-10,24H,1,11H2,2H3. The Kier molecular flexibility index (Phi) is 4.10. The van der Waals surface area contributed by atoms with E-state index in [1.807, 2.05) is 24.3 Å². The number of pyridine rings is 1. The summed E-state index contributed by atoms with van der Waals surface area (Å²) >= 11 is 7.31. The van der Waals surface area contributed by atoms with Gasteiger partial charge in [-0.25, -0.2) is 0 Å². The molecule has 0 radical (unpaired) electrons. The number of hydrogen-bond acceptors (Lipinski definition) is 4. The minimum absolute atomic E-state index is 0.0631. The molecule has 1 aliphatic rings. The maximum Gasteiger partial charge on any atom is 0.259 e. The van der Waals surface area contributed by atoms with Gasteiger partial charge in [0, 0.05) is 22.9 Å². The predicted octanol–water partition coefficient (Wildman–Crippen LogP) is 4.08. The molecule has 1 N–H and O–H groups in total. The van der Waals surface area contributed by atoms with E-state index in [9.17, 15) is 9.90 Å². The van der Waals surface area contributed by atoms with Crippen molar-refractivity contribution in [1.29, 1.82) is 0 Å². The molecule has 0 aliphatic carbocycles. The Morgan fingerprint density at radius 2 is 1.92 bits per heavy atom. The second-order valence-corrected chi connectivity index (χ2v) is 7.86. The van der Waals surface area contributed by atoms with E-state index in [2.05, 4.69) is 6.58 Å². The van der Waals surface area contributed by atoms with Crippen molar-refractivity contribution in [2.75, 3.05) is 6.61 Å². The van der Waals surface area contributed by atoms with Gasteiger partial charge in [-0.15, -0.1) is 0 Å². The Morgan fingerprint density at radius 1 is 1.23 bits per heavy atom. The summed E-state index contributed by atoms with van der Waals surface area (Å²) in [6.45, 7) is 3.93. The van der Waals surface area contributed by atoms with Gasteiger partial charge in [-0.2, -0.15) is 0 Å². The van der Waals surface area contributed by atoms with Crippen molar-refractivity contribution in [3.63, 3.8) is 0 Å². The largest absolute Gasteiger partial charge is 0.488 e. The molecule has 26 heavy (non-hydrogen) atoms. The maximum absolute atomic E-state index is 12.8. The summed E-state index contributed by atoms with van der Waals surface area (Å²) in [7, 11) is 1.72. The Labute approximate surface area is 159 Å². The van der Waals surface area contributed by atoms with Crippen molar-refractivity contribution in [2.45, 2.75) is 9.83 Å². The SMILES string of the molecule is C=C1c2c(c3ccccc3n(C)c2=O)SC1(O)COc1ccccc1Cl. The third-order valence-electron chi connectivity index (χ3n) is 4.56. The van der Waals surface area contributed by atoms with Gasteiger partial charge in [0.25, 0.3) is 5.56 Å². The number of halogens is 1. The summed E-state index contributed by atoms with van der Waals surface area (Å²) in [5, 5.41) is 12.5. The van der Waals surface area contributed by atoms with Gasteiger partial charge >= 0.3 is 0 Å². The molecule has 1 aliphatic heterocycles. The number of aromatic nitrogens is 1. The van der Waals surface area contributed by atoms with Gasteiger partial charge in [-0.3, -0.25) is 4.79 Å². The lowest BCUT2D eigenvalue weighted by Gasteiger charge is -2.23. The van der Waals surface area contributed by atoms with Crippen molar-refractivity contribution >= 4 is 39.8 Å². The topological polar surface area (TPSA) is 51.5 Å². The van der Waals surface area contributed by atoms with E-state index < -0.39 is 4.93 Å². The average molecular weight is 386 g/mol. The fourth-order valence-electron chi connectivity index (χ4n) is 3.12. The summed E-state index contributed by atoms with van der Waals surface area (Å²) in [6.07, 6.45) is 0. The van der Waals surface area contributed by atoms with Crippen LogP contribution in [-0.4, -0.2) is 21.2 Å². The minimum Gasteiger partial charge on any atom is -0.488 e. The highest BCUT2D eigenvalue weighted by molar-refractivity contribution is 8.01. The Hall–Kier alpha value is -2.21. The molecular formula is C20H16ClNO3S. The summed E-state index contributed by atoms with van der Waals surface area (Å²) in [5.41, 5.74) is 1.44. The number of hydrogen-bond donors (Lipinski definition) is 1. The normalized spacial score (nSPS) is 19.0. The van der Waals surface area contributed by atoms with Crippen LogP contribution < -0.4 is 10.3 Å². The van der Waals surface area contributed by atoms with Crippen LogP contribution in [0.4, 0.5) is 0 Å². The maximum atomic E-state index is 12.8. The van der Waals surface area contributed by atoms with Crippen LogP contribution in [0.5, 0.6) is 5.75 Å². The number of aryl methyl sites for hydroxylation is 1. The minimum atomic E-state index is -1.43. The van der Waals surface area contributed by atoms with Gasteiger partial charge in [0.1, 0.15) is 12.4 Å². The second-order valence-electron chi connectivity index (χ2n) is 6.17. The number of thioether (sulfide) groups is 1. The van der Waals surface area contributed by atoms with Crippen molar-refractivity contribution in [3.8, 4) is 5.75 Å². The third-order valence-corrected chi connectivity index (χ3v) is 6.20. The molecular weight excluding hydrogens is 370 g/mol.